The lowest BCUT2D eigenvalue weighted by Gasteiger charge is -2.46. The third-order valence-electron chi connectivity index (χ3n) is 3.39. The molecule has 1 aliphatic rings. The van der Waals surface area contributed by atoms with E-state index in [0.717, 1.165) is 12.8 Å². The molecule has 21 heavy (non-hydrogen) atoms. The number of likely N-dealkylation sites (tertiary alicyclic amines) is 1. The average Bonchev–Trinajstić information content (AvgIpc) is 2.32. The number of benzene rings is 1. The predicted molar refractivity (Wildman–Crippen MR) is 86.4 cm³/mol. The van der Waals surface area contributed by atoms with Crippen LogP contribution >= 0.6 is 34.8 Å². The van der Waals surface area contributed by atoms with Crippen molar-refractivity contribution in [3.05, 3.63) is 27.2 Å². The molecule has 1 heterocycles. The van der Waals surface area contributed by atoms with E-state index in [0.29, 0.717) is 33.8 Å². The number of amides is 1. The van der Waals surface area contributed by atoms with Gasteiger partial charge in [0, 0.05) is 18.1 Å². The summed E-state index contributed by atoms with van der Waals surface area (Å²) < 4.78 is 0. The lowest BCUT2D eigenvalue weighted by atomic mass is 9.89. The van der Waals surface area contributed by atoms with Gasteiger partial charge in [-0.15, -0.1) is 0 Å². The number of nitrogens with one attached hydrogen (secondary N) is 1. The Balaban J connectivity index is 1.89. The zero-order valence-corrected chi connectivity index (χ0v) is 13.9. The summed E-state index contributed by atoms with van der Waals surface area (Å²) in [5, 5.41) is 13.8. The van der Waals surface area contributed by atoms with Crippen LogP contribution in [0.5, 0.6) is 0 Å². The van der Waals surface area contributed by atoms with E-state index >= 15 is 0 Å². The molecule has 0 radical (unpaired) electrons. The molecule has 116 valence electrons. The van der Waals surface area contributed by atoms with Crippen LogP contribution in [0.2, 0.25) is 15.1 Å². The Morgan fingerprint density at radius 2 is 1.90 bits per heavy atom. The van der Waals surface area contributed by atoms with Crippen molar-refractivity contribution in [3.63, 3.8) is 0 Å². The Bertz CT molecular complexity index is 522. The van der Waals surface area contributed by atoms with E-state index in [1.54, 1.807) is 0 Å². The molecule has 1 amide bonds. The molecular weight excluding hydrogens is 335 g/mol. The van der Waals surface area contributed by atoms with Gasteiger partial charge in [0.15, 0.2) is 0 Å². The maximum absolute atomic E-state index is 12.0. The van der Waals surface area contributed by atoms with E-state index in [1.165, 1.54) is 12.1 Å². The molecule has 0 aromatic heterocycles. The van der Waals surface area contributed by atoms with E-state index in [9.17, 15) is 9.90 Å². The second-order valence-corrected chi connectivity index (χ2v) is 6.66. The summed E-state index contributed by atoms with van der Waals surface area (Å²) in [5.41, 5.74) is -0.290. The maximum Gasteiger partial charge on any atom is 0.238 e. The Morgan fingerprint density at radius 1 is 1.33 bits per heavy atom. The van der Waals surface area contributed by atoms with Crippen LogP contribution in [0.3, 0.4) is 0 Å². The SMILES string of the molecule is CCCC1(O)CN(CC(=O)Nc2c(Cl)cc(Cl)cc2Cl)C1. The lowest BCUT2D eigenvalue weighted by Crippen LogP contribution is -2.62. The standard InChI is InChI=1S/C14H17Cl3N2O2/c1-2-3-14(21)7-19(8-14)6-12(20)18-13-10(16)4-9(15)5-11(13)17/h4-5,21H,2-3,6-8H2,1H3,(H,18,20). The van der Waals surface area contributed by atoms with Gasteiger partial charge in [-0.05, 0) is 18.6 Å². The highest BCUT2D eigenvalue weighted by Crippen LogP contribution is 2.33. The number of carbonyl (C=O) groups excluding carboxylic acids is 1. The van der Waals surface area contributed by atoms with Crippen LogP contribution in [0.15, 0.2) is 12.1 Å². The minimum absolute atomic E-state index is 0.196. The molecule has 0 unspecified atom stereocenters. The monoisotopic (exact) mass is 350 g/mol. The van der Waals surface area contributed by atoms with Crippen LogP contribution in [0.4, 0.5) is 5.69 Å². The van der Waals surface area contributed by atoms with E-state index in [2.05, 4.69) is 5.32 Å². The molecule has 4 nitrogen and oxygen atoms in total. The fourth-order valence-electron chi connectivity index (χ4n) is 2.57. The second-order valence-electron chi connectivity index (χ2n) is 5.41. The van der Waals surface area contributed by atoms with Crippen molar-refractivity contribution in [2.45, 2.75) is 25.4 Å². The van der Waals surface area contributed by atoms with Gasteiger partial charge in [-0.25, -0.2) is 0 Å². The highest BCUT2D eigenvalue weighted by Gasteiger charge is 2.40. The van der Waals surface area contributed by atoms with Crippen LogP contribution in [0, 0.1) is 0 Å². The summed E-state index contributed by atoms with van der Waals surface area (Å²) in [6.07, 6.45) is 1.67. The van der Waals surface area contributed by atoms with Crippen LogP contribution in [-0.4, -0.2) is 41.1 Å². The molecule has 0 saturated carbocycles. The Hall–Kier alpha value is -0.520. The van der Waals surface area contributed by atoms with Gasteiger partial charge in [-0.3, -0.25) is 9.69 Å². The smallest absolute Gasteiger partial charge is 0.238 e. The molecule has 0 bridgehead atoms. The first-order valence-corrected chi connectivity index (χ1v) is 7.85. The number of carbonyl (C=O) groups is 1. The number of β-amino-alcohol motifs (C(OH)–C–C–N with tert-alkyl or cyclic N) is 1. The quantitative estimate of drug-likeness (QED) is 0.854. The minimum atomic E-state index is -0.648. The number of aliphatic hydroxyl groups is 1. The minimum Gasteiger partial charge on any atom is -0.387 e. The highest BCUT2D eigenvalue weighted by molar-refractivity contribution is 6.42. The van der Waals surface area contributed by atoms with Gasteiger partial charge < -0.3 is 10.4 Å². The predicted octanol–water partition coefficient (Wildman–Crippen LogP) is 3.43. The Labute approximate surface area is 139 Å². The third kappa shape index (κ3) is 4.24. The fraction of sp³-hybridized carbons (Fsp3) is 0.500. The van der Waals surface area contributed by atoms with E-state index < -0.39 is 5.60 Å². The summed E-state index contributed by atoms with van der Waals surface area (Å²) in [6.45, 7) is 3.24. The summed E-state index contributed by atoms with van der Waals surface area (Å²) >= 11 is 17.8. The van der Waals surface area contributed by atoms with Gasteiger partial charge in [-0.2, -0.15) is 0 Å². The van der Waals surface area contributed by atoms with Crippen molar-refractivity contribution < 1.29 is 9.90 Å². The summed E-state index contributed by atoms with van der Waals surface area (Å²) in [7, 11) is 0. The average molecular weight is 352 g/mol. The van der Waals surface area contributed by atoms with Crippen molar-refractivity contribution in [1.29, 1.82) is 0 Å². The molecule has 0 spiro atoms. The molecule has 2 N–H and O–H groups in total. The molecule has 7 heteroatoms. The normalized spacial score (nSPS) is 17.4. The topological polar surface area (TPSA) is 52.6 Å². The molecule has 1 aromatic carbocycles. The molecule has 1 aliphatic heterocycles. The van der Waals surface area contributed by atoms with Crippen LogP contribution in [-0.2, 0) is 4.79 Å². The first-order chi connectivity index (χ1) is 9.83. The van der Waals surface area contributed by atoms with Gasteiger partial charge in [-0.1, -0.05) is 48.1 Å². The first kappa shape index (κ1) is 16.8. The second kappa shape index (κ2) is 6.71. The zero-order chi connectivity index (χ0) is 15.6. The molecule has 1 fully saturated rings. The third-order valence-corrected chi connectivity index (χ3v) is 4.20. The van der Waals surface area contributed by atoms with Crippen LogP contribution in [0.1, 0.15) is 19.8 Å². The zero-order valence-electron chi connectivity index (χ0n) is 11.6. The summed E-state index contributed by atoms with van der Waals surface area (Å²) in [4.78, 5) is 13.9. The van der Waals surface area contributed by atoms with Gasteiger partial charge in [0.1, 0.15) is 0 Å². The van der Waals surface area contributed by atoms with Gasteiger partial charge in [0.25, 0.3) is 0 Å². The molecule has 0 aliphatic carbocycles. The molecular formula is C14H17Cl3N2O2. The number of halogens is 3. The Morgan fingerprint density at radius 3 is 2.43 bits per heavy atom. The van der Waals surface area contributed by atoms with Crippen molar-refractivity contribution in [3.8, 4) is 0 Å². The van der Waals surface area contributed by atoms with Crippen molar-refractivity contribution in [1.82, 2.24) is 4.90 Å². The van der Waals surface area contributed by atoms with Gasteiger partial charge >= 0.3 is 0 Å². The number of anilines is 1. The number of rotatable bonds is 5. The fourth-order valence-corrected chi connectivity index (χ4v) is 3.48. The van der Waals surface area contributed by atoms with E-state index in [1.807, 2.05) is 11.8 Å². The largest absolute Gasteiger partial charge is 0.387 e. The lowest BCUT2D eigenvalue weighted by molar-refractivity contribution is -0.129. The van der Waals surface area contributed by atoms with E-state index in [4.69, 9.17) is 34.8 Å². The molecule has 1 saturated heterocycles. The number of hydrogen-bond donors (Lipinski definition) is 2. The molecule has 2 rings (SSSR count). The summed E-state index contributed by atoms with van der Waals surface area (Å²) in [6, 6.07) is 3.04. The number of hydrogen-bond acceptors (Lipinski definition) is 3. The number of nitrogens with zero attached hydrogens (tertiary/aromatic N) is 1. The molecule has 0 atom stereocenters. The first-order valence-electron chi connectivity index (χ1n) is 6.72. The molecule has 1 aromatic rings. The van der Waals surface area contributed by atoms with Crippen LogP contribution in [0.25, 0.3) is 0 Å². The van der Waals surface area contributed by atoms with E-state index in [-0.39, 0.29) is 12.5 Å². The van der Waals surface area contributed by atoms with Crippen molar-refractivity contribution in [2.75, 3.05) is 25.0 Å². The van der Waals surface area contributed by atoms with Crippen LogP contribution < -0.4 is 5.32 Å². The summed E-state index contributed by atoms with van der Waals surface area (Å²) in [5.74, 6) is -0.223. The van der Waals surface area contributed by atoms with Gasteiger partial charge in [0.05, 0.1) is 27.9 Å². The Kier molecular flexibility index (Phi) is 5.38. The van der Waals surface area contributed by atoms with Crippen molar-refractivity contribution >= 4 is 46.4 Å². The van der Waals surface area contributed by atoms with Gasteiger partial charge in [0.2, 0.25) is 5.91 Å². The maximum atomic E-state index is 12.0. The van der Waals surface area contributed by atoms with Crippen molar-refractivity contribution in [2.24, 2.45) is 0 Å². The highest BCUT2D eigenvalue weighted by atomic mass is 35.5.